The number of hydrogen-bond acceptors (Lipinski definition) is 3. The molecule has 1 saturated carbocycles. The Labute approximate surface area is 209 Å². The lowest BCUT2D eigenvalue weighted by Gasteiger charge is -2.35. The molecule has 1 aliphatic rings. The number of rotatable bonds is 9. The van der Waals surface area contributed by atoms with Crippen LogP contribution in [0.2, 0.25) is 0 Å². The van der Waals surface area contributed by atoms with Gasteiger partial charge >= 0.3 is 0 Å². The first-order chi connectivity index (χ1) is 16.8. The third kappa shape index (κ3) is 7.04. The third-order valence-corrected chi connectivity index (χ3v) is 6.29. The topological polar surface area (TPSA) is 67.2 Å². The summed E-state index contributed by atoms with van der Waals surface area (Å²) >= 11 is 0. The Balaban J connectivity index is 2.11. The van der Waals surface area contributed by atoms with Gasteiger partial charge in [0.2, 0.25) is 11.8 Å². The zero-order valence-electron chi connectivity index (χ0n) is 21.5. The van der Waals surface area contributed by atoms with Crippen LogP contribution in [0.3, 0.4) is 0 Å². The van der Waals surface area contributed by atoms with E-state index in [1.54, 1.807) is 15.8 Å². The van der Waals surface area contributed by atoms with E-state index < -0.39 is 6.04 Å². The summed E-state index contributed by atoms with van der Waals surface area (Å²) in [4.78, 5) is 29.5. The van der Waals surface area contributed by atoms with E-state index in [4.69, 9.17) is 0 Å². The number of carbonyl (C=O) groups is 2. The number of nitrogens with zero attached hydrogens (tertiary/aromatic N) is 3. The van der Waals surface area contributed by atoms with Crippen LogP contribution in [-0.4, -0.2) is 32.5 Å². The molecule has 1 heterocycles. The molecule has 1 atom stereocenters. The largest absolute Gasteiger partial charge is 0.351 e. The standard InChI is InChI=1S/C29H38N4O2/c1-6-12-25(19-21(2)3)33(27(34)20-32-18-17-23(5)31-32)28(26-16-11-10-13-22(26)4)29(35)30-24-14-8-7-9-15-24/h6,10-13,16-19,24,28H,2,7-9,14-15,20H2,1,3-5H3,(H,30,35). The highest BCUT2D eigenvalue weighted by Crippen LogP contribution is 2.30. The van der Waals surface area contributed by atoms with Gasteiger partial charge in [0.25, 0.3) is 0 Å². The van der Waals surface area contributed by atoms with E-state index in [-0.39, 0.29) is 24.4 Å². The Morgan fingerprint density at radius 3 is 2.51 bits per heavy atom. The van der Waals surface area contributed by atoms with Gasteiger partial charge in [-0.05, 0) is 69.9 Å². The molecule has 1 fully saturated rings. The Bertz CT molecular complexity index is 1110. The van der Waals surface area contributed by atoms with Gasteiger partial charge in [-0.2, -0.15) is 5.10 Å². The predicted molar refractivity (Wildman–Crippen MR) is 140 cm³/mol. The van der Waals surface area contributed by atoms with Crippen molar-refractivity contribution in [2.24, 2.45) is 0 Å². The molecule has 1 unspecified atom stereocenters. The van der Waals surface area contributed by atoms with Crippen LogP contribution in [0.25, 0.3) is 0 Å². The molecule has 1 N–H and O–H groups in total. The molecule has 2 aromatic rings. The number of hydrogen-bond donors (Lipinski definition) is 1. The van der Waals surface area contributed by atoms with Crippen LogP contribution in [0, 0.1) is 13.8 Å². The maximum absolute atomic E-state index is 14.0. The Morgan fingerprint density at radius 2 is 1.91 bits per heavy atom. The fraction of sp³-hybridized carbons (Fsp3) is 0.414. The Hall–Kier alpha value is -3.41. The number of allylic oxidation sites excluding steroid dienone is 4. The van der Waals surface area contributed by atoms with E-state index in [1.165, 1.54) is 6.42 Å². The zero-order chi connectivity index (χ0) is 25.4. The van der Waals surface area contributed by atoms with Crippen LogP contribution >= 0.6 is 0 Å². The van der Waals surface area contributed by atoms with Gasteiger partial charge in [-0.1, -0.05) is 61.8 Å². The van der Waals surface area contributed by atoms with Crippen LogP contribution < -0.4 is 5.32 Å². The number of carbonyl (C=O) groups excluding carboxylic acids is 2. The minimum Gasteiger partial charge on any atom is -0.351 e. The van der Waals surface area contributed by atoms with Crippen molar-refractivity contribution >= 4 is 11.8 Å². The van der Waals surface area contributed by atoms with E-state index in [1.807, 2.05) is 76.3 Å². The quantitative estimate of drug-likeness (QED) is 0.484. The second-order valence-electron chi connectivity index (χ2n) is 9.44. The summed E-state index contributed by atoms with van der Waals surface area (Å²) in [5, 5.41) is 7.67. The van der Waals surface area contributed by atoms with Crippen LogP contribution in [0.5, 0.6) is 0 Å². The van der Waals surface area contributed by atoms with Gasteiger partial charge in [0.1, 0.15) is 12.6 Å². The minimum atomic E-state index is -0.816. The average Bonchev–Trinajstić information content (AvgIpc) is 3.22. The summed E-state index contributed by atoms with van der Waals surface area (Å²) in [5.41, 5.74) is 4.02. The van der Waals surface area contributed by atoms with Crippen molar-refractivity contribution in [1.29, 1.82) is 0 Å². The van der Waals surface area contributed by atoms with Crippen molar-refractivity contribution in [3.8, 4) is 0 Å². The summed E-state index contributed by atoms with van der Waals surface area (Å²) in [7, 11) is 0. The molecule has 35 heavy (non-hydrogen) atoms. The molecule has 0 bridgehead atoms. The fourth-order valence-electron chi connectivity index (χ4n) is 4.64. The molecule has 186 valence electrons. The number of aryl methyl sites for hydroxylation is 2. The number of amides is 2. The molecular weight excluding hydrogens is 436 g/mol. The average molecular weight is 475 g/mol. The first-order valence-corrected chi connectivity index (χ1v) is 12.5. The highest BCUT2D eigenvalue weighted by Gasteiger charge is 2.35. The Kier molecular flexibility index (Phi) is 9.24. The van der Waals surface area contributed by atoms with Crippen LogP contribution in [0.15, 0.2) is 72.6 Å². The minimum absolute atomic E-state index is 0.0258. The molecule has 6 heteroatoms. The number of nitrogens with one attached hydrogen (secondary N) is 1. The molecule has 1 aliphatic carbocycles. The second kappa shape index (κ2) is 12.3. The van der Waals surface area contributed by atoms with Crippen LogP contribution in [0.4, 0.5) is 0 Å². The second-order valence-corrected chi connectivity index (χ2v) is 9.44. The van der Waals surface area contributed by atoms with Crippen molar-refractivity contribution in [3.63, 3.8) is 0 Å². The van der Waals surface area contributed by atoms with Crippen LogP contribution in [0.1, 0.15) is 68.8 Å². The van der Waals surface area contributed by atoms with Gasteiger partial charge in [0.15, 0.2) is 0 Å². The Morgan fingerprint density at radius 1 is 1.20 bits per heavy atom. The van der Waals surface area contributed by atoms with E-state index >= 15 is 0 Å². The normalized spacial score (nSPS) is 15.7. The van der Waals surface area contributed by atoms with Crippen molar-refractivity contribution in [1.82, 2.24) is 20.0 Å². The SMILES string of the molecule is C=C(C)C=C(C=CC)N(C(=O)Cn1ccc(C)n1)C(C(=O)NC1CCCCC1)c1ccccc1C. The maximum atomic E-state index is 14.0. The summed E-state index contributed by atoms with van der Waals surface area (Å²) in [6.07, 6.45) is 12.7. The van der Waals surface area contributed by atoms with E-state index in [9.17, 15) is 9.59 Å². The summed E-state index contributed by atoms with van der Waals surface area (Å²) in [6, 6.07) is 8.96. The summed E-state index contributed by atoms with van der Waals surface area (Å²) in [5.74, 6) is -0.376. The molecule has 1 aromatic carbocycles. The molecule has 0 spiro atoms. The van der Waals surface area contributed by atoms with Gasteiger partial charge in [0.05, 0.1) is 5.69 Å². The maximum Gasteiger partial charge on any atom is 0.249 e. The summed E-state index contributed by atoms with van der Waals surface area (Å²) in [6.45, 7) is 11.7. The zero-order valence-corrected chi connectivity index (χ0v) is 21.5. The molecule has 2 amide bonds. The van der Waals surface area contributed by atoms with Gasteiger partial charge in [0, 0.05) is 17.9 Å². The lowest BCUT2D eigenvalue weighted by Crippen LogP contribution is -2.47. The lowest BCUT2D eigenvalue weighted by atomic mass is 9.93. The van der Waals surface area contributed by atoms with Crippen molar-refractivity contribution < 1.29 is 9.59 Å². The number of aromatic nitrogens is 2. The lowest BCUT2D eigenvalue weighted by molar-refractivity contribution is -0.139. The monoisotopic (exact) mass is 474 g/mol. The molecule has 3 rings (SSSR count). The smallest absolute Gasteiger partial charge is 0.249 e. The molecule has 1 aromatic heterocycles. The van der Waals surface area contributed by atoms with Crippen molar-refractivity contribution in [3.05, 3.63) is 89.4 Å². The third-order valence-electron chi connectivity index (χ3n) is 6.29. The fourth-order valence-corrected chi connectivity index (χ4v) is 4.64. The van der Waals surface area contributed by atoms with Gasteiger partial charge < -0.3 is 5.32 Å². The van der Waals surface area contributed by atoms with E-state index in [2.05, 4.69) is 17.0 Å². The highest BCUT2D eigenvalue weighted by molar-refractivity contribution is 5.90. The first-order valence-electron chi connectivity index (χ1n) is 12.5. The van der Waals surface area contributed by atoms with Gasteiger partial charge in [-0.15, -0.1) is 0 Å². The van der Waals surface area contributed by atoms with E-state index in [0.29, 0.717) is 5.70 Å². The molecular formula is C29H38N4O2. The van der Waals surface area contributed by atoms with Crippen molar-refractivity contribution in [2.75, 3.05) is 0 Å². The predicted octanol–water partition coefficient (Wildman–Crippen LogP) is 5.55. The van der Waals surface area contributed by atoms with Gasteiger partial charge in [-0.25, -0.2) is 0 Å². The van der Waals surface area contributed by atoms with Crippen molar-refractivity contribution in [2.45, 2.75) is 78.4 Å². The molecule has 0 saturated heterocycles. The summed E-state index contributed by atoms with van der Waals surface area (Å²) < 4.78 is 1.62. The molecule has 6 nitrogen and oxygen atoms in total. The van der Waals surface area contributed by atoms with Crippen LogP contribution in [-0.2, 0) is 16.1 Å². The van der Waals surface area contributed by atoms with E-state index in [0.717, 1.165) is 48.1 Å². The molecule has 0 aliphatic heterocycles. The first kappa shape index (κ1) is 26.2. The highest BCUT2D eigenvalue weighted by atomic mass is 16.2. The number of benzene rings is 1. The molecule has 0 radical (unpaired) electrons. The van der Waals surface area contributed by atoms with Gasteiger partial charge in [-0.3, -0.25) is 19.2 Å².